The maximum atomic E-state index is 12.0. The van der Waals surface area contributed by atoms with E-state index in [2.05, 4.69) is 5.32 Å². The zero-order valence-corrected chi connectivity index (χ0v) is 9.47. The second kappa shape index (κ2) is 3.41. The molecule has 0 aromatic heterocycles. The van der Waals surface area contributed by atoms with E-state index in [0.717, 1.165) is 0 Å². The molecule has 15 heavy (non-hydrogen) atoms. The fourth-order valence-corrected chi connectivity index (χ4v) is 3.13. The molecule has 0 fully saturated rings. The van der Waals surface area contributed by atoms with Crippen molar-refractivity contribution in [1.29, 1.82) is 0 Å². The van der Waals surface area contributed by atoms with Gasteiger partial charge in [0.25, 0.3) is 0 Å². The van der Waals surface area contributed by atoms with Gasteiger partial charge in [0.1, 0.15) is 5.75 Å². The van der Waals surface area contributed by atoms with Crippen LogP contribution in [0.5, 0.6) is 5.75 Å². The summed E-state index contributed by atoms with van der Waals surface area (Å²) in [7, 11) is -1.67. The monoisotopic (exact) mass is 227 g/mol. The number of sulfone groups is 1. The molecule has 0 aliphatic carbocycles. The quantitative estimate of drug-likeness (QED) is 0.785. The maximum absolute atomic E-state index is 12.0. The zero-order valence-electron chi connectivity index (χ0n) is 8.65. The number of hydrogen-bond acceptors (Lipinski definition) is 4. The first-order valence-electron chi connectivity index (χ1n) is 4.72. The summed E-state index contributed by atoms with van der Waals surface area (Å²) in [6.45, 7) is 2.13. The first kappa shape index (κ1) is 10.3. The molecule has 0 amide bonds. The van der Waals surface area contributed by atoms with Crippen LogP contribution in [0.25, 0.3) is 0 Å². The molecular formula is C10H13NO3S. The normalized spacial score (nSPS) is 22.7. The van der Waals surface area contributed by atoms with E-state index in [9.17, 15) is 8.42 Å². The van der Waals surface area contributed by atoms with Gasteiger partial charge in [0.15, 0.2) is 9.84 Å². The second-order valence-electron chi connectivity index (χ2n) is 3.57. The Morgan fingerprint density at radius 1 is 1.47 bits per heavy atom. The highest BCUT2D eigenvalue weighted by atomic mass is 32.2. The van der Waals surface area contributed by atoms with Crippen LogP contribution in [0.1, 0.15) is 6.92 Å². The molecule has 0 spiro atoms. The SMILES string of the molecule is COc1cccc2c1NCC(C)S2(=O)=O. The summed E-state index contributed by atoms with van der Waals surface area (Å²) in [4.78, 5) is 0.334. The number of benzene rings is 1. The van der Waals surface area contributed by atoms with Gasteiger partial charge < -0.3 is 10.1 Å². The van der Waals surface area contributed by atoms with Crippen molar-refractivity contribution in [2.45, 2.75) is 17.1 Å². The highest BCUT2D eigenvalue weighted by Crippen LogP contribution is 2.36. The molecule has 1 aliphatic heterocycles. The van der Waals surface area contributed by atoms with Gasteiger partial charge in [-0.3, -0.25) is 0 Å². The molecule has 2 rings (SSSR count). The number of methoxy groups -OCH3 is 1. The van der Waals surface area contributed by atoms with Crippen molar-refractivity contribution < 1.29 is 13.2 Å². The first-order valence-corrected chi connectivity index (χ1v) is 6.27. The van der Waals surface area contributed by atoms with E-state index in [1.165, 1.54) is 7.11 Å². The molecule has 1 aromatic rings. The fraction of sp³-hybridized carbons (Fsp3) is 0.400. The minimum atomic E-state index is -3.20. The van der Waals surface area contributed by atoms with Crippen LogP contribution in [-0.4, -0.2) is 27.3 Å². The van der Waals surface area contributed by atoms with E-state index in [-0.39, 0.29) is 0 Å². The van der Waals surface area contributed by atoms with Crippen molar-refractivity contribution in [3.8, 4) is 5.75 Å². The van der Waals surface area contributed by atoms with Crippen molar-refractivity contribution >= 4 is 15.5 Å². The van der Waals surface area contributed by atoms with E-state index in [1.54, 1.807) is 25.1 Å². The standard InChI is InChI=1S/C10H13NO3S/c1-7-6-11-10-8(14-2)4-3-5-9(10)15(7,12)13/h3-5,7,11H,6H2,1-2H3. The molecule has 1 aliphatic rings. The molecule has 4 nitrogen and oxygen atoms in total. The summed E-state index contributed by atoms with van der Waals surface area (Å²) in [6, 6.07) is 5.04. The second-order valence-corrected chi connectivity index (χ2v) is 5.90. The fourth-order valence-electron chi connectivity index (χ4n) is 1.66. The average molecular weight is 227 g/mol. The van der Waals surface area contributed by atoms with Crippen molar-refractivity contribution in [2.24, 2.45) is 0 Å². The minimum Gasteiger partial charge on any atom is -0.495 e. The number of ether oxygens (including phenoxy) is 1. The third-order valence-electron chi connectivity index (χ3n) is 2.61. The van der Waals surface area contributed by atoms with Gasteiger partial charge in [-0.25, -0.2) is 8.42 Å². The third kappa shape index (κ3) is 1.47. The molecule has 1 unspecified atom stereocenters. The Morgan fingerprint density at radius 3 is 2.87 bits per heavy atom. The Labute approximate surface area is 89.2 Å². The number of anilines is 1. The summed E-state index contributed by atoms with van der Waals surface area (Å²) in [5.41, 5.74) is 0.582. The van der Waals surface area contributed by atoms with Crippen molar-refractivity contribution in [3.63, 3.8) is 0 Å². The Morgan fingerprint density at radius 2 is 2.20 bits per heavy atom. The first-order chi connectivity index (χ1) is 7.07. The van der Waals surface area contributed by atoms with E-state index in [1.807, 2.05) is 0 Å². The van der Waals surface area contributed by atoms with Crippen LogP contribution in [0.15, 0.2) is 23.1 Å². The zero-order chi connectivity index (χ0) is 11.1. The molecular weight excluding hydrogens is 214 g/mol. The van der Waals surface area contributed by atoms with Gasteiger partial charge in [0.05, 0.1) is 22.9 Å². The van der Waals surface area contributed by atoms with Crippen LogP contribution >= 0.6 is 0 Å². The predicted octanol–water partition coefficient (Wildman–Crippen LogP) is 1.28. The molecule has 5 heteroatoms. The molecule has 0 saturated heterocycles. The number of fused-ring (bicyclic) bond motifs is 1. The Kier molecular flexibility index (Phi) is 2.34. The lowest BCUT2D eigenvalue weighted by Crippen LogP contribution is -2.32. The molecule has 1 N–H and O–H groups in total. The molecule has 1 aromatic carbocycles. The van der Waals surface area contributed by atoms with Gasteiger partial charge in [0.2, 0.25) is 0 Å². The maximum Gasteiger partial charge on any atom is 0.184 e. The van der Waals surface area contributed by atoms with Gasteiger partial charge in [0, 0.05) is 6.54 Å². The minimum absolute atomic E-state index is 0.334. The van der Waals surface area contributed by atoms with Gasteiger partial charge in [-0.15, -0.1) is 0 Å². The summed E-state index contributed by atoms with van der Waals surface area (Å²) < 4.78 is 29.1. The van der Waals surface area contributed by atoms with Crippen molar-refractivity contribution in [1.82, 2.24) is 0 Å². The molecule has 0 saturated carbocycles. The van der Waals surface area contributed by atoms with Crippen molar-refractivity contribution in [3.05, 3.63) is 18.2 Å². The smallest absolute Gasteiger partial charge is 0.184 e. The number of rotatable bonds is 1. The largest absolute Gasteiger partial charge is 0.495 e. The van der Waals surface area contributed by atoms with Gasteiger partial charge >= 0.3 is 0 Å². The third-order valence-corrected chi connectivity index (χ3v) is 4.79. The van der Waals surface area contributed by atoms with Gasteiger partial charge in [-0.2, -0.15) is 0 Å². The molecule has 1 atom stereocenters. The van der Waals surface area contributed by atoms with E-state index >= 15 is 0 Å². The van der Waals surface area contributed by atoms with Gasteiger partial charge in [-0.05, 0) is 19.1 Å². The average Bonchev–Trinajstić information content (AvgIpc) is 2.23. The summed E-state index contributed by atoms with van der Waals surface area (Å²) in [5, 5.41) is 2.69. The predicted molar refractivity (Wildman–Crippen MR) is 58.1 cm³/mol. The van der Waals surface area contributed by atoms with Crippen LogP contribution in [0, 0.1) is 0 Å². The van der Waals surface area contributed by atoms with Crippen LogP contribution in [0.2, 0.25) is 0 Å². The molecule has 0 radical (unpaired) electrons. The Hall–Kier alpha value is -1.23. The summed E-state index contributed by atoms with van der Waals surface area (Å²) in [5.74, 6) is 0.572. The van der Waals surface area contributed by atoms with Crippen LogP contribution in [-0.2, 0) is 9.84 Å². The van der Waals surface area contributed by atoms with Crippen molar-refractivity contribution in [2.75, 3.05) is 19.0 Å². The molecule has 1 heterocycles. The number of hydrogen-bond donors (Lipinski definition) is 1. The lowest BCUT2D eigenvalue weighted by Gasteiger charge is -2.24. The van der Waals surface area contributed by atoms with Crippen LogP contribution < -0.4 is 10.1 Å². The number of para-hydroxylation sites is 1. The lowest BCUT2D eigenvalue weighted by molar-refractivity contribution is 0.415. The van der Waals surface area contributed by atoms with Crippen LogP contribution in [0.3, 0.4) is 0 Å². The highest BCUT2D eigenvalue weighted by Gasteiger charge is 2.31. The Bertz CT molecular complexity index is 481. The topological polar surface area (TPSA) is 55.4 Å². The van der Waals surface area contributed by atoms with Crippen LogP contribution in [0.4, 0.5) is 5.69 Å². The molecule has 0 bridgehead atoms. The van der Waals surface area contributed by atoms with E-state index in [4.69, 9.17) is 4.74 Å². The summed E-state index contributed by atoms with van der Waals surface area (Å²) in [6.07, 6.45) is 0. The van der Waals surface area contributed by atoms with E-state index < -0.39 is 15.1 Å². The number of nitrogens with one attached hydrogen (secondary N) is 1. The molecule has 82 valence electrons. The Balaban J connectivity index is 2.67. The lowest BCUT2D eigenvalue weighted by atomic mass is 10.2. The highest BCUT2D eigenvalue weighted by molar-refractivity contribution is 7.92. The summed E-state index contributed by atoms with van der Waals surface area (Å²) >= 11 is 0. The van der Waals surface area contributed by atoms with E-state index in [0.29, 0.717) is 22.9 Å². The van der Waals surface area contributed by atoms with Gasteiger partial charge in [-0.1, -0.05) is 6.07 Å².